The summed E-state index contributed by atoms with van der Waals surface area (Å²) in [4.78, 5) is 12.0. The quantitative estimate of drug-likeness (QED) is 0.841. The van der Waals surface area contributed by atoms with E-state index >= 15 is 0 Å². The maximum Gasteiger partial charge on any atom is 0.253 e. The van der Waals surface area contributed by atoms with Gasteiger partial charge in [-0.3, -0.25) is 4.79 Å². The van der Waals surface area contributed by atoms with Crippen LogP contribution in [-0.2, 0) is 6.54 Å². The van der Waals surface area contributed by atoms with Gasteiger partial charge >= 0.3 is 0 Å². The Bertz CT molecular complexity index is 629. The molecule has 0 spiro atoms. The Labute approximate surface area is 116 Å². The summed E-state index contributed by atoms with van der Waals surface area (Å²) >= 11 is 0. The van der Waals surface area contributed by atoms with E-state index in [0.29, 0.717) is 22.6 Å². The molecule has 0 fully saturated rings. The van der Waals surface area contributed by atoms with E-state index in [-0.39, 0.29) is 18.3 Å². The Balaban J connectivity index is 2.07. The molecule has 0 saturated heterocycles. The maximum absolute atomic E-state index is 13.4. The molecule has 2 rings (SSSR count). The highest BCUT2D eigenvalue weighted by molar-refractivity contribution is 5.99. The molecular weight excluding hydrogens is 259 g/mol. The molecule has 0 aliphatic carbocycles. The van der Waals surface area contributed by atoms with Crippen molar-refractivity contribution in [2.45, 2.75) is 6.54 Å². The van der Waals surface area contributed by atoms with Crippen LogP contribution in [0.25, 0.3) is 0 Å². The van der Waals surface area contributed by atoms with Crippen LogP contribution in [0, 0.1) is 5.82 Å². The Morgan fingerprint density at radius 3 is 2.70 bits per heavy atom. The molecule has 0 bridgehead atoms. The Morgan fingerprint density at radius 2 is 2.05 bits per heavy atom. The zero-order valence-corrected chi connectivity index (χ0v) is 11.0. The van der Waals surface area contributed by atoms with E-state index in [1.807, 2.05) is 0 Å². The lowest BCUT2D eigenvalue weighted by molar-refractivity contribution is 0.0951. The van der Waals surface area contributed by atoms with Gasteiger partial charge < -0.3 is 15.8 Å². The van der Waals surface area contributed by atoms with Crippen molar-refractivity contribution >= 4 is 11.6 Å². The molecule has 20 heavy (non-hydrogen) atoms. The number of nitrogens with one attached hydrogen (secondary N) is 1. The smallest absolute Gasteiger partial charge is 0.253 e. The minimum Gasteiger partial charge on any atom is -0.497 e. The highest BCUT2D eigenvalue weighted by Gasteiger charge is 2.11. The lowest BCUT2D eigenvalue weighted by Crippen LogP contribution is -2.24. The van der Waals surface area contributed by atoms with E-state index in [9.17, 15) is 9.18 Å². The molecule has 1 amide bonds. The van der Waals surface area contributed by atoms with Crippen LogP contribution in [0.2, 0.25) is 0 Å². The van der Waals surface area contributed by atoms with Crippen molar-refractivity contribution in [3.05, 3.63) is 59.4 Å². The number of carbonyl (C=O) groups is 1. The molecule has 0 radical (unpaired) electrons. The van der Waals surface area contributed by atoms with Crippen LogP contribution in [0.1, 0.15) is 15.9 Å². The second-order valence-electron chi connectivity index (χ2n) is 4.23. The van der Waals surface area contributed by atoms with Crippen LogP contribution in [0.4, 0.5) is 10.1 Å². The molecule has 0 atom stereocenters. The van der Waals surface area contributed by atoms with Gasteiger partial charge in [-0.05, 0) is 18.2 Å². The van der Waals surface area contributed by atoms with E-state index in [1.54, 1.807) is 36.4 Å². The van der Waals surface area contributed by atoms with Crippen LogP contribution in [0.5, 0.6) is 5.75 Å². The fourth-order valence-electron chi connectivity index (χ4n) is 1.79. The lowest BCUT2D eigenvalue weighted by Gasteiger charge is -2.09. The zero-order chi connectivity index (χ0) is 14.5. The van der Waals surface area contributed by atoms with E-state index < -0.39 is 0 Å². The number of methoxy groups -OCH3 is 1. The minimum atomic E-state index is -0.353. The molecular formula is C15H15FN2O2. The first-order chi connectivity index (χ1) is 9.61. The summed E-state index contributed by atoms with van der Waals surface area (Å²) in [6.07, 6.45) is 0. The zero-order valence-electron chi connectivity index (χ0n) is 11.0. The second kappa shape index (κ2) is 6.06. The summed E-state index contributed by atoms with van der Waals surface area (Å²) in [6.45, 7) is 0.108. The fraction of sp³-hybridized carbons (Fsp3) is 0.133. The monoisotopic (exact) mass is 274 g/mol. The predicted octanol–water partition coefficient (Wildman–Crippen LogP) is 2.35. The van der Waals surface area contributed by atoms with Crippen LogP contribution in [0.15, 0.2) is 42.5 Å². The highest BCUT2D eigenvalue weighted by Crippen LogP contribution is 2.19. The van der Waals surface area contributed by atoms with Gasteiger partial charge in [-0.25, -0.2) is 4.39 Å². The normalized spacial score (nSPS) is 10.1. The number of benzene rings is 2. The molecule has 3 N–H and O–H groups in total. The molecule has 0 aliphatic rings. The third-order valence-electron chi connectivity index (χ3n) is 2.90. The summed E-state index contributed by atoms with van der Waals surface area (Å²) in [5, 5.41) is 2.63. The van der Waals surface area contributed by atoms with Gasteiger partial charge in [-0.1, -0.05) is 18.2 Å². The number of hydrogen-bond acceptors (Lipinski definition) is 3. The molecule has 2 aromatic rings. The summed E-state index contributed by atoms with van der Waals surface area (Å²) in [6, 6.07) is 11.1. The third-order valence-corrected chi connectivity index (χ3v) is 2.90. The summed E-state index contributed by atoms with van der Waals surface area (Å²) in [7, 11) is 1.52. The number of anilines is 1. The van der Waals surface area contributed by atoms with Gasteiger partial charge in [0.2, 0.25) is 0 Å². The van der Waals surface area contributed by atoms with Gasteiger partial charge in [0.15, 0.2) is 0 Å². The molecule has 0 aliphatic heterocycles. The molecule has 0 heterocycles. The molecule has 0 unspecified atom stereocenters. The molecule has 2 aromatic carbocycles. The number of amides is 1. The van der Waals surface area contributed by atoms with Crippen LogP contribution >= 0.6 is 0 Å². The number of hydrogen-bond donors (Lipinski definition) is 2. The Morgan fingerprint density at radius 1 is 1.30 bits per heavy atom. The van der Waals surface area contributed by atoms with Gasteiger partial charge in [0.1, 0.15) is 11.6 Å². The molecule has 104 valence electrons. The van der Waals surface area contributed by atoms with E-state index in [2.05, 4.69) is 5.32 Å². The average molecular weight is 274 g/mol. The highest BCUT2D eigenvalue weighted by atomic mass is 19.1. The van der Waals surface area contributed by atoms with Gasteiger partial charge in [0, 0.05) is 23.9 Å². The number of nitrogens with two attached hydrogens (primary N) is 1. The van der Waals surface area contributed by atoms with Crippen molar-refractivity contribution in [1.29, 1.82) is 0 Å². The van der Waals surface area contributed by atoms with Gasteiger partial charge in [0.25, 0.3) is 5.91 Å². The lowest BCUT2D eigenvalue weighted by atomic mass is 10.1. The second-order valence-corrected chi connectivity index (χ2v) is 4.23. The number of ether oxygens (including phenoxy) is 1. The van der Waals surface area contributed by atoms with Crippen LogP contribution < -0.4 is 15.8 Å². The van der Waals surface area contributed by atoms with E-state index in [0.717, 1.165) is 0 Å². The minimum absolute atomic E-state index is 0.108. The largest absolute Gasteiger partial charge is 0.497 e. The van der Waals surface area contributed by atoms with Crippen molar-refractivity contribution in [2.24, 2.45) is 0 Å². The predicted molar refractivity (Wildman–Crippen MR) is 75.0 cm³/mol. The topological polar surface area (TPSA) is 64.3 Å². The van der Waals surface area contributed by atoms with Crippen molar-refractivity contribution in [1.82, 2.24) is 5.32 Å². The Hall–Kier alpha value is -2.56. The summed E-state index contributed by atoms with van der Waals surface area (Å²) < 4.78 is 18.4. The maximum atomic E-state index is 13.4. The first kappa shape index (κ1) is 13.9. The van der Waals surface area contributed by atoms with Gasteiger partial charge in [0.05, 0.1) is 12.7 Å². The van der Waals surface area contributed by atoms with Crippen molar-refractivity contribution in [3.63, 3.8) is 0 Å². The molecule has 4 nitrogen and oxygen atoms in total. The summed E-state index contributed by atoms with van der Waals surface area (Å²) in [5.41, 5.74) is 6.86. The van der Waals surface area contributed by atoms with Crippen molar-refractivity contribution in [2.75, 3.05) is 12.8 Å². The van der Waals surface area contributed by atoms with Crippen molar-refractivity contribution < 1.29 is 13.9 Å². The van der Waals surface area contributed by atoms with E-state index in [1.165, 1.54) is 13.2 Å². The molecule has 5 heteroatoms. The first-order valence-corrected chi connectivity index (χ1v) is 6.07. The summed E-state index contributed by atoms with van der Waals surface area (Å²) in [5.74, 6) is -0.128. The van der Waals surface area contributed by atoms with Crippen molar-refractivity contribution in [3.8, 4) is 5.75 Å². The first-order valence-electron chi connectivity index (χ1n) is 6.07. The average Bonchev–Trinajstić information content (AvgIpc) is 2.46. The number of carbonyl (C=O) groups excluding carboxylic acids is 1. The number of rotatable bonds is 4. The third kappa shape index (κ3) is 3.06. The van der Waals surface area contributed by atoms with Gasteiger partial charge in [-0.15, -0.1) is 0 Å². The van der Waals surface area contributed by atoms with E-state index in [4.69, 9.17) is 10.5 Å². The van der Waals surface area contributed by atoms with Gasteiger partial charge in [-0.2, -0.15) is 0 Å². The number of nitrogen functional groups attached to an aromatic ring is 1. The number of halogens is 1. The van der Waals surface area contributed by atoms with Crippen LogP contribution in [0.3, 0.4) is 0 Å². The molecule has 0 saturated carbocycles. The SMILES string of the molecule is COc1ccc(C(=O)NCc2ccccc2F)c(N)c1. The standard InChI is InChI=1S/C15H15FN2O2/c1-20-11-6-7-12(14(17)8-11)15(19)18-9-10-4-2-3-5-13(10)16/h2-8H,9,17H2,1H3,(H,18,19). The Kier molecular flexibility index (Phi) is 4.20. The fourth-order valence-corrected chi connectivity index (χ4v) is 1.79. The van der Waals surface area contributed by atoms with Crippen LogP contribution in [-0.4, -0.2) is 13.0 Å². The molecule has 0 aromatic heterocycles.